The zero-order chi connectivity index (χ0) is 14.6. The van der Waals surface area contributed by atoms with Gasteiger partial charge in [-0.15, -0.1) is 0 Å². The van der Waals surface area contributed by atoms with Crippen LogP contribution in [0.1, 0.15) is 31.2 Å². The van der Waals surface area contributed by atoms with Crippen molar-refractivity contribution in [1.82, 2.24) is 0 Å². The molecule has 1 aliphatic rings. The zero-order valence-corrected chi connectivity index (χ0v) is 13.7. The smallest absolute Gasteiger partial charge is 0.209 e. The van der Waals surface area contributed by atoms with E-state index in [0.717, 1.165) is 35.7 Å². The number of rotatable bonds is 6. The quantitative estimate of drug-likeness (QED) is 0.846. The second-order valence-corrected chi connectivity index (χ2v) is 8.07. The summed E-state index contributed by atoms with van der Waals surface area (Å²) in [6.07, 6.45) is 3.85. The van der Waals surface area contributed by atoms with Gasteiger partial charge in [0.25, 0.3) is 0 Å². The second kappa shape index (κ2) is 6.56. The lowest BCUT2D eigenvalue weighted by Crippen LogP contribution is -2.35. The first-order valence-corrected chi connectivity index (χ1v) is 9.23. The number of nitrogens with two attached hydrogens (primary N) is 1. The normalized spacial score (nSPS) is 18.3. The van der Waals surface area contributed by atoms with Crippen LogP contribution in [0.25, 0.3) is 0 Å². The molecule has 0 amide bonds. The first-order valence-electron chi connectivity index (χ1n) is 6.72. The molecule has 0 heterocycles. The standard InChI is InChI=1S/C14H20BrNO3S/c15-13-6-2-1-5-12(13)9-19-10-14(7-3-4-8-14)11-20(16,17)18/h1-2,5-6H,3-4,7-11H2,(H2,16,17,18). The molecular weight excluding hydrogens is 342 g/mol. The first-order chi connectivity index (χ1) is 9.40. The minimum Gasteiger partial charge on any atom is -0.376 e. The van der Waals surface area contributed by atoms with E-state index in [9.17, 15) is 8.42 Å². The molecule has 0 aliphatic heterocycles. The molecule has 0 bridgehead atoms. The summed E-state index contributed by atoms with van der Waals surface area (Å²) in [5, 5.41) is 5.22. The molecule has 2 rings (SSSR count). The van der Waals surface area contributed by atoms with Gasteiger partial charge in [0.05, 0.1) is 19.0 Å². The summed E-state index contributed by atoms with van der Waals surface area (Å²) >= 11 is 3.48. The molecule has 0 spiro atoms. The van der Waals surface area contributed by atoms with Crippen molar-refractivity contribution in [3.8, 4) is 0 Å². The first kappa shape index (κ1) is 15.9. The molecule has 0 atom stereocenters. The lowest BCUT2D eigenvalue weighted by Gasteiger charge is -2.27. The number of primary sulfonamides is 1. The molecule has 1 fully saturated rings. The summed E-state index contributed by atoms with van der Waals surface area (Å²) in [7, 11) is -3.46. The van der Waals surface area contributed by atoms with Gasteiger partial charge in [-0.3, -0.25) is 0 Å². The van der Waals surface area contributed by atoms with Crippen LogP contribution >= 0.6 is 15.9 Å². The van der Waals surface area contributed by atoms with E-state index >= 15 is 0 Å². The van der Waals surface area contributed by atoms with Crippen molar-refractivity contribution in [1.29, 1.82) is 0 Å². The average molecular weight is 362 g/mol. The van der Waals surface area contributed by atoms with Crippen molar-refractivity contribution in [3.05, 3.63) is 34.3 Å². The van der Waals surface area contributed by atoms with Crippen LogP contribution in [-0.4, -0.2) is 20.8 Å². The molecule has 2 N–H and O–H groups in total. The number of ether oxygens (including phenoxy) is 1. The molecule has 1 aliphatic carbocycles. The Hall–Kier alpha value is -0.430. The maximum atomic E-state index is 11.4. The maximum Gasteiger partial charge on any atom is 0.209 e. The average Bonchev–Trinajstić information content (AvgIpc) is 2.78. The van der Waals surface area contributed by atoms with Gasteiger partial charge in [0.2, 0.25) is 10.0 Å². The van der Waals surface area contributed by atoms with Crippen molar-refractivity contribution in [3.63, 3.8) is 0 Å². The topological polar surface area (TPSA) is 69.4 Å². The van der Waals surface area contributed by atoms with E-state index in [-0.39, 0.29) is 11.2 Å². The molecule has 0 aromatic heterocycles. The summed E-state index contributed by atoms with van der Waals surface area (Å²) in [5.74, 6) is 0.0238. The number of hydrogen-bond donors (Lipinski definition) is 1. The SMILES string of the molecule is NS(=O)(=O)CC1(COCc2ccccc2Br)CCCC1. The van der Waals surface area contributed by atoms with Crippen molar-refractivity contribution in [2.75, 3.05) is 12.4 Å². The molecule has 4 nitrogen and oxygen atoms in total. The highest BCUT2D eigenvalue weighted by molar-refractivity contribution is 9.10. The lowest BCUT2D eigenvalue weighted by atomic mass is 9.90. The van der Waals surface area contributed by atoms with Crippen LogP contribution in [0.2, 0.25) is 0 Å². The van der Waals surface area contributed by atoms with Gasteiger partial charge in [-0.05, 0) is 24.5 Å². The predicted molar refractivity (Wildman–Crippen MR) is 82.7 cm³/mol. The Morgan fingerprint density at radius 3 is 2.50 bits per heavy atom. The number of hydrogen-bond acceptors (Lipinski definition) is 3. The molecule has 1 aromatic carbocycles. The number of halogens is 1. The van der Waals surface area contributed by atoms with E-state index in [2.05, 4.69) is 15.9 Å². The van der Waals surface area contributed by atoms with E-state index in [4.69, 9.17) is 9.88 Å². The van der Waals surface area contributed by atoms with E-state index in [1.165, 1.54) is 0 Å². The van der Waals surface area contributed by atoms with E-state index in [1.54, 1.807) is 0 Å². The van der Waals surface area contributed by atoms with Crippen molar-refractivity contribution < 1.29 is 13.2 Å². The van der Waals surface area contributed by atoms with Gasteiger partial charge in [0.15, 0.2) is 0 Å². The molecule has 0 radical (unpaired) electrons. The number of sulfonamides is 1. The summed E-state index contributed by atoms with van der Waals surface area (Å²) in [5.41, 5.74) is 0.769. The summed E-state index contributed by atoms with van der Waals surface area (Å²) in [4.78, 5) is 0. The van der Waals surface area contributed by atoms with Gasteiger partial charge >= 0.3 is 0 Å². The largest absolute Gasteiger partial charge is 0.376 e. The Morgan fingerprint density at radius 1 is 1.25 bits per heavy atom. The fraction of sp³-hybridized carbons (Fsp3) is 0.571. The second-order valence-electron chi connectivity index (χ2n) is 5.60. The summed E-state index contributed by atoms with van der Waals surface area (Å²) in [6, 6.07) is 7.87. The highest BCUT2D eigenvalue weighted by Gasteiger charge is 2.37. The van der Waals surface area contributed by atoms with Gasteiger partial charge in [0.1, 0.15) is 0 Å². The molecule has 112 valence electrons. The monoisotopic (exact) mass is 361 g/mol. The molecule has 0 unspecified atom stereocenters. The Kier molecular flexibility index (Phi) is 5.23. The maximum absolute atomic E-state index is 11.4. The van der Waals surface area contributed by atoms with Gasteiger partial charge in [0, 0.05) is 9.89 Å². The third-order valence-corrected chi connectivity index (χ3v) is 5.58. The highest BCUT2D eigenvalue weighted by Crippen LogP contribution is 2.39. The summed E-state index contributed by atoms with van der Waals surface area (Å²) in [6.45, 7) is 0.929. The lowest BCUT2D eigenvalue weighted by molar-refractivity contribution is 0.0470. The van der Waals surface area contributed by atoms with E-state index in [1.807, 2.05) is 24.3 Å². The zero-order valence-electron chi connectivity index (χ0n) is 11.3. The van der Waals surface area contributed by atoms with Gasteiger partial charge in [-0.1, -0.05) is 47.0 Å². The third kappa shape index (κ3) is 4.55. The summed E-state index contributed by atoms with van der Waals surface area (Å²) < 4.78 is 29.6. The molecular formula is C14H20BrNO3S. The Bertz CT molecular complexity index is 553. The van der Waals surface area contributed by atoms with Crippen LogP contribution in [-0.2, 0) is 21.4 Å². The van der Waals surface area contributed by atoms with Crippen LogP contribution < -0.4 is 5.14 Å². The fourth-order valence-electron chi connectivity index (χ4n) is 2.88. The van der Waals surface area contributed by atoms with E-state index < -0.39 is 10.0 Å². The fourth-order valence-corrected chi connectivity index (χ4v) is 4.50. The van der Waals surface area contributed by atoms with Crippen molar-refractivity contribution in [2.24, 2.45) is 10.6 Å². The van der Waals surface area contributed by atoms with Crippen LogP contribution in [0.3, 0.4) is 0 Å². The minimum atomic E-state index is -3.46. The van der Waals surface area contributed by atoms with Crippen molar-refractivity contribution >= 4 is 26.0 Å². The van der Waals surface area contributed by atoms with Crippen molar-refractivity contribution in [2.45, 2.75) is 32.3 Å². The van der Waals surface area contributed by atoms with Crippen LogP contribution in [0.4, 0.5) is 0 Å². The van der Waals surface area contributed by atoms with Gasteiger partial charge in [-0.2, -0.15) is 0 Å². The Morgan fingerprint density at radius 2 is 1.90 bits per heavy atom. The third-order valence-electron chi connectivity index (χ3n) is 3.80. The Balaban J connectivity index is 1.95. The molecule has 6 heteroatoms. The molecule has 1 aromatic rings. The molecule has 20 heavy (non-hydrogen) atoms. The Labute approximate surface area is 128 Å². The minimum absolute atomic E-state index is 0.0238. The molecule has 1 saturated carbocycles. The van der Waals surface area contributed by atoms with Gasteiger partial charge < -0.3 is 4.74 Å². The molecule has 0 saturated heterocycles. The van der Waals surface area contributed by atoms with Crippen LogP contribution in [0, 0.1) is 5.41 Å². The number of benzene rings is 1. The van der Waals surface area contributed by atoms with Crippen LogP contribution in [0.5, 0.6) is 0 Å². The van der Waals surface area contributed by atoms with Crippen LogP contribution in [0.15, 0.2) is 28.7 Å². The highest BCUT2D eigenvalue weighted by atomic mass is 79.9. The van der Waals surface area contributed by atoms with E-state index in [0.29, 0.717) is 13.2 Å². The predicted octanol–water partition coefficient (Wildman–Crippen LogP) is 2.81. The van der Waals surface area contributed by atoms with Gasteiger partial charge in [-0.25, -0.2) is 13.6 Å².